The third kappa shape index (κ3) is 3.20. The summed E-state index contributed by atoms with van der Waals surface area (Å²) in [4.78, 5) is 4.05. The normalized spacial score (nSPS) is 10.2. The van der Waals surface area contributed by atoms with E-state index in [1.54, 1.807) is 42.5 Å². The highest BCUT2D eigenvalue weighted by Gasteiger charge is 2.17. The number of hydrogen-bond acceptors (Lipinski definition) is 5. The second kappa shape index (κ2) is 6.84. The zero-order valence-electron chi connectivity index (χ0n) is 12.9. The molecule has 1 aromatic heterocycles. The molecule has 120 valence electrons. The summed E-state index contributed by atoms with van der Waals surface area (Å²) in [5.41, 5.74) is 0.960. The van der Waals surface area contributed by atoms with Gasteiger partial charge in [0.15, 0.2) is 0 Å². The van der Waals surface area contributed by atoms with Crippen LogP contribution in [0.15, 0.2) is 52.9 Å². The number of anilines is 2. The smallest absolute Gasteiger partial charge is 0.236 e. The van der Waals surface area contributed by atoms with Gasteiger partial charge in [0.25, 0.3) is 0 Å². The van der Waals surface area contributed by atoms with Crippen molar-refractivity contribution in [2.45, 2.75) is 6.92 Å². The Kier molecular flexibility index (Phi) is 4.43. The summed E-state index contributed by atoms with van der Waals surface area (Å²) in [7, 11) is 0. The van der Waals surface area contributed by atoms with E-state index in [0.29, 0.717) is 12.3 Å². The van der Waals surface area contributed by atoms with Crippen LogP contribution in [0.3, 0.4) is 0 Å². The molecule has 0 saturated heterocycles. The van der Waals surface area contributed by atoms with Crippen LogP contribution in [0.5, 0.6) is 5.75 Å². The molecule has 6 heteroatoms. The maximum Gasteiger partial charge on any atom is 0.236 e. The van der Waals surface area contributed by atoms with E-state index in [-0.39, 0.29) is 23.0 Å². The number of oxazole rings is 1. The fraction of sp³-hybridized carbons (Fsp3) is 0.111. The molecule has 3 rings (SSSR count). The van der Waals surface area contributed by atoms with Crippen molar-refractivity contribution in [1.29, 1.82) is 5.26 Å². The standard InChI is InChI=1S/C18H14FN3O2/c1-2-23-13-9-7-12(8-10-13)21-18-16(11-20)22-17(24-18)14-5-3-4-6-15(14)19/h3-10,21H,2H2,1H3. The third-order valence-electron chi connectivity index (χ3n) is 3.26. The van der Waals surface area contributed by atoms with Gasteiger partial charge in [0.05, 0.1) is 12.2 Å². The molecule has 0 atom stereocenters. The van der Waals surface area contributed by atoms with Crippen molar-refractivity contribution < 1.29 is 13.5 Å². The fourth-order valence-corrected chi connectivity index (χ4v) is 2.16. The Morgan fingerprint density at radius 3 is 2.62 bits per heavy atom. The molecular formula is C18H14FN3O2. The second-order valence-electron chi connectivity index (χ2n) is 4.87. The van der Waals surface area contributed by atoms with E-state index in [2.05, 4.69) is 10.3 Å². The number of halogens is 1. The average Bonchev–Trinajstić information content (AvgIpc) is 3.00. The number of benzene rings is 2. The number of aromatic nitrogens is 1. The molecular weight excluding hydrogens is 309 g/mol. The first-order valence-electron chi connectivity index (χ1n) is 7.37. The minimum atomic E-state index is -0.462. The zero-order valence-corrected chi connectivity index (χ0v) is 12.9. The maximum atomic E-state index is 13.8. The molecule has 0 aliphatic rings. The summed E-state index contributed by atoms with van der Waals surface area (Å²) in [5.74, 6) is 0.502. The van der Waals surface area contributed by atoms with Crippen LogP contribution in [-0.4, -0.2) is 11.6 Å². The van der Waals surface area contributed by atoms with Crippen molar-refractivity contribution in [3.63, 3.8) is 0 Å². The zero-order chi connectivity index (χ0) is 16.9. The lowest BCUT2D eigenvalue weighted by Gasteiger charge is -2.05. The first-order valence-corrected chi connectivity index (χ1v) is 7.37. The number of nitriles is 1. The summed E-state index contributed by atoms with van der Waals surface area (Å²) in [6.45, 7) is 2.49. The van der Waals surface area contributed by atoms with Gasteiger partial charge in [-0.3, -0.25) is 0 Å². The van der Waals surface area contributed by atoms with Crippen LogP contribution in [-0.2, 0) is 0 Å². The van der Waals surface area contributed by atoms with Crippen molar-refractivity contribution >= 4 is 11.6 Å². The molecule has 0 fully saturated rings. The van der Waals surface area contributed by atoms with Gasteiger partial charge in [-0.15, -0.1) is 0 Å². The molecule has 1 heterocycles. The van der Waals surface area contributed by atoms with Gasteiger partial charge in [0.1, 0.15) is 17.6 Å². The van der Waals surface area contributed by atoms with Crippen LogP contribution in [0.4, 0.5) is 16.0 Å². The molecule has 24 heavy (non-hydrogen) atoms. The molecule has 0 aliphatic carbocycles. The van der Waals surface area contributed by atoms with Crippen molar-refractivity contribution in [2.75, 3.05) is 11.9 Å². The van der Waals surface area contributed by atoms with Crippen LogP contribution in [0.1, 0.15) is 12.6 Å². The summed E-state index contributed by atoms with van der Waals surface area (Å²) >= 11 is 0. The number of hydrogen-bond donors (Lipinski definition) is 1. The number of nitrogens with one attached hydrogen (secondary N) is 1. The summed E-state index contributed by atoms with van der Waals surface area (Å²) in [6, 6.07) is 15.2. The molecule has 0 spiro atoms. The van der Waals surface area contributed by atoms with E-state index in [0.717, 1.165) is 5.75 Å². The minimum absolute atomic E-state index is 0.0538. The first-order chi connectivity index (χ1) is 11.7. The highest BCUT2D eigenvalue weighted by Crippen LogP contribution is 2.29. The predicted octanol–water partition coefficient (Wildman–Crippen LogP) is 4.49. The number of nitrogens with zero attached hydrogens (tertiary/aromatic N) is 2. The Bertz CT molecular complexity index is 882. The average molecular weight is 323 g/mol. The lowest BCUT2D eigenvalue weighted by Crippen LogP contribution is -1.93. The van der Waals surface area contributed by atoms with Gasteiger partial charge in [-0.2, -0.15) is 10.2 Å². The lowest BCUT2D eigenvalue weighted by atomic mass is 10.2. The van der Waals surface area contributed by atoms with Crippen LogP contribution < -0.4 is 10.1 Å². The van der Waals surface area contributed by atoms with Crippen LogP contribution >= 0.6 is 0 Å². The van der Waals surface area contributed by atoms with Crippen molar-refractivity contribution in [2.24, 2.45) is 0 Å². The summed E-state index contributed by atoms with van der Waals surface area (Å²) in [5, 5.41) is 12.2. The van der Waals surface area contributed by atoms with E-state index in [9.17, 15) is 9.65 Å². The van der Waals surface area contributed by atoms with E-state index in [1.165, 1.54) is 6.07 Å². The van der Waals surface area contributed by atoms with Crippen molar-refractivity contribution in [1.82, 2.24) is 4.98 Å². The SMILES string of the molecule is CCOc1ccc(Nc2oc(-c3ccccc3F)nc2C#N)cc1. The van der Waals surface area contributed by atoms with Gasteiger partial charge in [-0.25, -0.2) is 4.39 Å². The molecule has 3 aromatic rings. The molecule has 0 bridgehead atoms. The molecule has 0 unspecified atom stereocenters. The van der Waals surface area contributed by atoms with E-state index in [4.69, 9.17) is 9.15 Å². The van der Waals surface area contributed by atoms with Gasteiger partial charge >= 0.3 is 0 Å². The largest absolute Gasteiger partial charge is 0.494 e. The molecule has 0 amide bonds. The molecule has 5 nitrogen and oxygen atoms in total. The predicted molar refractivity (Wildman–Crippen MR) is 87.5 cm³/mol. The Hall–Kier alpha value is -3.33. The van der Waals surface area contributed by atoms with E-state index < -0.39 is 5.82 Å². The van der Waals surface area contributed by atoms with E-state index >= 15 is 0 Å². The molecule has 0 saturated carbocycles. The lowest BCUT2D eigenvalue weighted by molar-refractivity contribution is 0.340. The van der Waals surface area contributed by atoms with Crippen LogP contribution in [0.25, 0.3) is 11.5 Å². The quantitative estimate of drug-likeness (QED) is 0.749. The molecule has 2 aromatic carbocycles. The second-order valence-corrected chi connectivity index (χ2v) is 4.87. The van der Waals surface area contributed by atoms with Gasteiger partial charge in [0.2, 0.25) is 17.5 Å². The highest BCUT2D eigenvalue weighted by atomic mass is 19.1. The fourth-order valence-electron chi connectivity index (χ4n) is 2.16. The van der Waals surface area contributed by atoms with Gasteiger partial charge in [0, 0.05) is 5.69 Å². The van der Waals surface area contributed by atoms with Crippen LogP contribution in [0.2, 0.25) is 0 Å². The topological polar surface area (TPSA) is 71.1 Å². The maximum absolute atomic E-state index is 13.8. The van der Waals surface area contributed by atoms with Crippen molar-refractivity contribution in [3.05, 3.63) is 60.0 Å². The Morgan fingerprint density at radius 1 is 1.21 bits per heavy atom. The number of rotatable bonds is 5. The van der Waals surface area contributed by atoms with E-state index in [1.807, 2.05) is 13.0 Å². The minimum Gasteiger partial charge on any atom is -0.494 e. The first kappa shape index (κ1) is 15.6. The molecule has 1 N–H and O–H groups in total. The third-order valence-corrected chi connectivity index (χ3v) is 3.26. The summed E-state index contributed by atoms with van der Waals surface area (Å²) in [6.07, 6.45) is 0. The van der Waals surface area contributed by atoms with Gasteiger partial charge in [-0.05, 0) is 43.3 Å². The van der Waals surface area contributed by atoms with Crippen LogP contribution in [0, 0.1) is 17.1 Å². The molecule has 0 radical (unpaired) electrons. The summed E-state index contributed by atoms with van der Waals surface area (Å²) < 4.78 is 24.8. The van der Waals surface area contributed by atoms with Gasteiger partial charge < -0.3 is 14.5 Å². The monoisotopic (exact) mass is 323 g/mol. The Morgan fingerprint density at radius 2 is 1.96 bits per heavy atom. The Labute approximate surface area is 138 Å². The highest BCUT2D eigenvalue weighted by molar-refractivity contribution is 5.64. The molecule has 0 aliphatic heterocycles. The number of ether oxygens (including phenoxy) is 1. The van der Waals surface area contributed by atoms with Gasteiger partial charge in [-0.1, -0.05) is 12.1 Å². The Balaban J connectivity index is 1.88. The van der Waals surface area contributed by atoms with Crippen molar-refractivity contribution in [3.8, 4) is 23.3 Å².